The van der Waals surface area contributed by atoms with E-state index in [4.69, 9.17) is 35.7 Å². The molecular formula is C40H45ClN6O2Si. The van der Waals surface area contributed by atoms with E-state index in [0.717, 1.165) is 45.5 Å². The zero-order valence-electron chi connectivity index (χ0n) is 29.9. The number of methoxy groups -OCH3 is 1. The van der Waals surface area contributed by atoms with Gasteiger partial charge in [0.25, 0.3) is 8.32 Å². The highest BCUT2D eigenvalue weighted by Crippen LogP contribution is 2.37. The third kappa shape index (κ3) is 7.03. The number of hydrogen-bond donors (Lipinski definition) is 1. The Morgan fingerprint density at radius 2 is 1.58 bits per heavy atom. The molecule has 0 saturated carbocycles. The van der Waals surface area contributed by atoms with Crippen molar-refractivity contribution in [3.8, 4) is 17.1 Å². The third-order valence-corrected chi connectivity index (χ3v) is 14.9. The summed E-state index contributed by atoms with van der Waals surface area (Å²) in [5, 5.41) is 4.10. The van der Waals surface area contributed by atoms with Crippen LogP contribution in [0.15, 0.2) is 97.5 Å². The SMILES string of the molecule is COc1nc(N(C)C(C)CCO[Si](c2ccccc2)(c2ccccc2)C(C)(C)C)ncc1-c1ccc(Cc2c[nH]c3ncc(Cl)cc23)c(C)n1. The number of rotatable bonds is 12. The molecular weight excluding hydrogens is 660 g/mol. The Kier molecular flexibility index (Phi) is 10.4. The van der Waals surface area contributed by atoms with Crippen molar-refractivity contribution >= 4 is 47.3 Å². The van der Waals surface area contributed by atoms with E-state index in [9.17, 15) is 0 Å². The molecule has 50 heavy (non-hydrogen) atoms. The smallest absolute Gasteiger partial charge is 0.261 e. The van der Waals surface area contributed by atoms with Crippen molar-refractivity contribution < 1.29 is 9.16 Å². The second-order valence-electron chi connectivity index (χ2n) is 13.8. The maximum atomic E-state index is 7.15. The van der Waals surface area contributed by atoms with Gasteiger partial charge in [-0.15, -0.1) is 0 Å². The van der Waals surface area contributed by atoms with E-state index in [-0.39, 0.29) is 11.1 Å². The fourth-order valence-electron chi connectivity index (χ4n) is 6.70. The van der Waals surface area contributed by atoms with Gasteiger partial charge >= 0.3 is 0 Å². The van der Waals surface area contributed by atoms with E-state index in [1.807, 2.05) is 32.3 Å². The predicted octanol–water partition coefficient (Wildman–Crippen LogP) is 7.77. The minimum Gasteiger partial charge on any atom is -0.480 e. The number of H-pyrrole nitrogens is 1. The van der Waals surface area contributed by atoms with Gasteiger partial charge in [-0.2, -0.15) is 4.98 Å². The molecule has 0 fully saturated rings. The Morgan fingerprint density at radius 1 is 0.900 bits per heavy atom. The Morgan fingerprint density at radius 3 is 2.20 bits per heavy atom. The maximum absolute atomic E-state index is 7.15. The molecule has 0 saturated heterocycles. The molecule has 6 rings (SSSR count). The van der Waals surface area contributed by atoms with Crippen LogP contribution in [0.25, 0.3) is 22.3 Å². The Bertz CT molecular complexity index is 2030. The molecule has 0 bridgehead atoms. The van der Waals surface area contributed by atoms with Gasteiger partial charge in [0.1, 0.15) is 5.65 Å². The molecule has 0 aliphatic rings. The normalized spacial score (nSPS) is 12.6. The molecule has 2 aromatic carbocycles. The molecule has 4 aromatic heterocycles. The quantitative estimate of drug-likeness (QED) is 0.130. The van der Waals surface area contributed by atoms with Crippen LogP contribution in [0.3, 0.4) is 0 Å². The largest absolute Gasteiger partial charge is 0.480 e. The molecule has 0 radical (unpaired) electrons. The summed E-state index contributed by atoms with van der Waals surface area (Å²) in [6.07, 6.45) is 6.94. The van der Waals surface area contributed by atoms with Crippen LogP contribution in [0.5, 0.6) is 5.88 Å². The summed E-state index contributed by atoms with van der Waals surface area (Å²) in [6.45, 7) is 11.7. The van der Waals surface area contributed by atoms with E-state index in [2.05, 4.69) is 109 Å². The topological polar surface area (TPSA) is 89.0 Å². The number of ether oxygens (including phenoxy) is 1. The first-order valence-corrected chi connectivity index (χ1v) is 19.3. The van der Waals surface area contributed by atoms with Crippen LogP contribution in [0.1, 0.15) is 50.9 Å². The lowest BCUT2D eigenvalue weighted by Crippen LogP contribution is -2.66. The Balaban J connectivity index is 1.18. The number of benzene rings is 2. The van der Waals surface area contributed by atoms with Gasteiger partial charge in [0.15, 0.2) is 0 Å². The van der Waals surface area contributed by atoms with Crippen molar-refractivity contribution in [1.82, 2.24) is 24.9 Å². The summed E-state index contributed by atoms with van der Waals surface area (Å²) >= 11 is 6.22. The van der Waals surface area contributed by atoms with E-state index in [0.29, 0.717) is 29.9 Å². The van der Waals surface area contributed by atoms with Gasteiger partial charge in [0, 0.05) is 55.8 Å². The van der Waals surface area contributed by atoms with Gasteiger partial charge in [-0.1, -0.05) is 99.1 Å². The maximum Gasteiger partial charge on any atom is 0.261 e. The Hall–Kier alpha value is -4.57. The number of aryl methyl sites for hydroxylation is 1. The zero-order chi connectivity index (χ0) is 35.5. The van der Waals surface area contributed by atoms with Crippen molar-refractivity contribution in [2.45, 2.75) is 58.5 Å². The molecule has 1 unspecified atom stereocenters. The van der Waals surface area contributed by atoms with Gasteiger partial charge < -0.3 is 19.0 Å². The highest BCUT2D eigenvalue weighted by molar-refractivity contribution is 6.99. The second-order valence-corrected chi connectivity index (χ2v) is 18.6. The fourth-order valence-corrected chi connectivity index (χ4v) is 11.4. The molecule has 0 aliphatic carbocycles. The first-order valence-electron chi connectivity index (χ1n) is 17.0. The number of fused-ring (bicyclic) bond motifs is 1. The summed E-state index contributed by atoms with van der Waals surface area (Å²) in [7, 11) is 1.04. The number of nitrogens with one attached hydrogen (secondary N) is 1. The number of hydrogen-bond acceptors (Lipinski definition) is 7. The van der Waals surface area contributed by atoms with Crippen LogP contribution in [0, 0.1) is 6.92 Å². The van der Waals surface area contributed by atoms with Crippen molar-refractivity contribution in [2.24, 2.45) is 0 Å². The standard InChI is InChI=1S/C40H45ClN6O2Si/c1-27(20-21-49-50(40(3,4)5,32-14-10-8-11-15-32)33-16-12-9-13-17-33)47(6)39-44-26-35(38(46-39)48-7)36-19-18-29(28(2)45-36)22-30-24-42-37-34(30)23-31(41)25-43-37/h8-19,23-27H,20-22H2,1-7H3,(H,42,43). The lowest BCUT2D eigenvalue weighted by molar-refractivity contribution is 0.281. The highest BCUT2D eigenvalue weighted by atomic mass is 35.5. The minimum absolute atomic E-state index is 0.0794. The van der Waals surface area contributed by atoms with Crippen molar-refractivity contribution in [2.75, 3.05) is 25.7 Å². The predicted molar refractivity (Wildman–Crippen MR) is 207 cm³/mol. The number of nitrogens with zero attached hydrogens (tertiary/aromatic N) is 5. The van der Waals surface area contributed by atoms with Crippen LogP contribution in [-0.2, 0) is 10.8 Å². The first-order chi connectivity index (χ1) is 24.0. The summed E-state index contributed by atoms with van der Waals surface area (Å²) in [5.41, 5.74) is 5.47. The summed E-state index contributed by atoms with van der Waals surface area (Å²) < 4.78 is 12.9. The van der Waals surface area contributed by atoms with Crippen LogP contribution >= 0.6 is 11.6 Å². The molecule has 8 nitrogen and oxygen atoms in total. The molecule has 1 N–H and O–H groups in total. The highest BCUT2D eigenvalue weighted by Gasteiger charge is 2.50. The number of halogens is 1. The molecule has 0 amide bonds. The molecule has 0 spiro atoms. The van der Waals surface area contributed by atoms with Gasteiger partial charge in [0.05, 0.1) is 23.4 Å². The van der Waals surface area contributed by atoms with Gasteiger partial charge in [-0.25, -0.2) is 9.97 Å². The molecule has 0 aliphatic heterocycles. The van der Waals surface area contributed by atoms with Crippen molar-refractivity contribution in [3.05, 3.63) is 119 Å². The van der Waals surface area contributed by atoms with Gasteiger partial charge in [0.2, 0.25) is 11.8 Å². The van der Waals surface area contributed by atoms with E-state index in [1.165, 1.54) is 10.4 Å². The van der Waals surface area contributed by atoms with Crippen molar-refractivity contribution in [1.29, 1.82) is 0 Å². The van der Waals surface area contributed by atoms with Crippen LogP contribution < -0.4 is 20.0 Å². The van der Waals surface area contributed by atoms with E-state index in [1.54, 1.807) is 19.5 Å². The van der Waals surface area contributed by atoms with Crippen molar-refractivity contribution in [3.63, 3.8) is 0 Å². The van der Waals surface area contributed by atoms with Crippen LogP contribution in [-0.4, -0.2) is 60.0 Å². The van der Waals surface area contributed by atoms with Gasteiger partial charge in [-0.3, -0.25) is 4.98 Å². The average Bonchev–Trinajstić information content (AvgIpc) is 3.51. The lowest BCUT2D eigenvalue weighted by atomic mass is 10.0. The molecule has 4 heterocycles. The third-order valence-electron chi connectivity index (χ3n) is 9.62. The number of aromatic amines is 1. The molecule has 1 atom stereocenters. The number of pyridine rings is 2. The molecule has 258 valence electrons. The summed E-state index contributed by atoms with van der Waals surface area (Å²) in [5.74, 6) is 1.07. The first kappa shape index (κ1) is 35.3. The monoisotopic (exact) mass is 704 g/mol. The second kappa shape index (κ2) is 14.7. The van der Waals surface area contributed by atoms with Crippen LogP contribution in [0.2, 0.25) is 10.1 Å². The fraction of sp³-hybridized carbons (Fsp3) is 0.300. The van der Waals surface area contributed by atoms with E-state index >= 15 is 0 Å². The number of anilines is 1. The lowest BCUT2D eigenvalue weighted by Gasteiger charge is -2.43. The van der Waals surface area contributed by atoms with Gasteiger partial charge in [-0.05, 0) is 58.9 Å². The Labute approximate surface area is 301 Å². The summed E-state index contributed by atoms with van der Waals surface area (Å²) in [6, 6.07) is 27.7. The molecule has 10 heteroatoms. The molecule has 6 aromatic rings. The summed E-state index contributed by atoms with van der Waals surface area (Å²) in [4.78, 5) is 24.2. The van der Waals surface area contributed by atoms with Crippen LogP contribution in [0.4, 0.5) is 5.95 Å². The van der Waals surface area contributed by atoms with E-state index < -0.39 is 8.32 Å². The number of aromatic nitrogens is 5. The zero-order valence-corrected chi connectivity index (χ0v) is 31.6. The average molecular weight is 705 g/mol. The minimum atomic E-state index is -2.62.